The van der Waals surface area contributed by atoms with Crippen LogP contribution in [0.3, 0.4) is 0 Å². The van der Waals surface area contributed by atoms with Crippen LogP contribution in [0.5, 0.6) is 0 Å². The smallest absolute Gasteiger partial charge is 0.409 e. The van der Waals surface area contributed by atoms with Gasteiger partial charge in [-0.05, 0) is 43.2 Å². The molecule has 0 unspecified atom stereocenters. The lowest BCUT2D eigenvalue weighted by Gasteiger charge is -2.20. The number of methoxy groups -OCH3 is 1. The van der Waals surface area contributed by atoms with Crippen LogP contribution in [-0.2, 0) is 16.1 Å². The second-order valence-corrected chi connectivity index (χ2v) is 7.51. The molecule has 1 saturated heterocycles. The summed E-state index contributed by atoms with van der Waals surface area (Å²) in [6.07, 6.45) is 3.92. The summed E-state index contributed by atoms with van der Waals surface area (Å²) in [6.45, 7) is 5.32. The lowest BCUT2D eigenvalue weighted by molar-refractivity contribution is -0.125. The summed E-state index contributed by atoms with van der Waals surface area (Å²) in [4.78, 5) is 27.9. The van der Waals surface area contributed by atoms with E-state index < -0.39 is 0 Å². The first-order chi connectivity index (χ1) is 14.6. The Hall–Kier alpha value is -3.28. The molecule has 1 aromatic heterocycles. The Morgan fingerprint density at radius 2 is 1.70 bits per heavy atom. The summed E-state index contributed by atoms with van der Waals surface area (Å²) in [7, 11) is 1.38. The van der Waals surface area contributed by atoms with E-state index in [1.54, 1.807) is 15.9 Å². The van der Waals surface area contributed by atoms with Gasteiger partial charge in [-0.3, -0.25) is 4.79 Å². The number of carbonyl (C=O) groups excluding carboxylic acids is 2. The highest BCUT2D eigenvalue weighted by molar-refractivity contribution is 6.08. The number of carbonyl (C=O) groups is 2. The van der Waals surface area contributed by atoms with Crippen LogP contribution in [-0.4, -0.2) is 59.7 Å². The third kappa shape index (κ3) is 3.77. The summed E-state index contributed by atoms with van der Waals surface area (Å²) in [5, 5.41) is 2.43. The van der Waals surface area contributed by atoms with Gasteiger partial charge in [-0.2, -0.15) is 0 Å². The molecule has 0 spiro atoms. The van der Waals surface area contributed by atoms with Gasteiger partial charge in [0.05, 0.1) is 7.11 Å². The highest BCUT2D eigenvalue weighted by Crippen LogP contribution is 2.30. The van der Waals surface area contributed by atoms with Crippen molar-refractivity contribution in [2.24, 2.45) is 0 Å². The van der Waals surface area contributed by atoms with Crippen LogP contribution in [0.25, 0.3) is 27.9 Å². The zero-order valence-corrected chi connectivity index (χ0v) is 17.5. The zero-order chi connectivity index (χ0) is 21.1. The molecule has 0 aliphatic carbocycles. The Morgan fingerprint density at radius 1 is 0.967 bits per heavy atom. The number of amides is 2. The Kier molecular flexibility index (Phi) is 5.74. The van der Waals surface area contributed by atoms with E-state index in [9.17, 15) is 9.59 Å². The van der Waals surface area contributed by atoms with Crippen LogP contribution in [0, 0.1) is 0 Å². The maximum absolute atomic E-state index is 12.7. The van der Waals surface area contributed by atoms with Gasteiger partial charge < -0.3 is 19.1 Å². The molecule has 6 heteroatoms. The number of aromatic nitrogens is 1. The molecule has 0 N–H and O–H groups in total. The second kappa shape index (κ2) is 8.61. The van der Waals surface area contributed by atoms with Gasteiger partial charge in [0, 0.05) is 60.6 Å². The van der Waals surface area contributed by atoms with Gasteiger partial charge >= 0.3 is 6.09 Å². The molecule has 0 radical (unpaired) electrons. The van der Waals surface area contributed by atoms with Crippen molar-refractivity contribution < 1.29 is 14.3 Å². The molecule has 6 nitrogen and oxygen atoms in total. The lowest BCUT2D eigenvalue weighted by Crippen LogP contribution is -2.36. The zero-order valence-electron chi connectivity index (χ0n) is 17.5. The van der Waals surface area contributed by atoms with Crippen molar-refractivity contribution >= 4 is 39.9 Å². The van der Waals surface area contributed by atoms with Crippen LogP contribution in [0.4, 0.5) is 4.79 Å². The van der Waals surface area contributed by atoms with Crippen LogP contribution in [0.1, 0.15) is 18.9 Å². The molecule has 3 aromatic rings. The number of aryl methyl sites for hydroxylation is 1. The van der Waals surface area contributed by atoms with Crippen molar-refractivity contribution in [1.82, 2.24) is 14.4 Å². The predicted octanol–water partition coefficient (Wildman–Crippen LogP) is 4.13. The van der Waals surface area contributed by atoms with Gasteiger partial charge in [0.1, 0.15) is 0 Å². The maximum atomic E-state index is 12.7. The SMILES string of the molecule is CCn1c2ccccc2c2cc(/C=C/C(=O)N3CCCN(C(=O)OC)CC3)ccc21. The van der Waals surface area contributed by atoms with E-state index >= 15 is 0 Å². The van der Waals surface area contributed by atoms with Gasteiger partial charge in [-0.15, -0.1) is 0 Å². The molecule has 0 atom stereocenters. The third-order valence-electron chi connectivity index (χ3n) is 5.77. The third-order valence-corrected chi connectivity index (χ3v) is 5.77. The molecule has 2 amide bonds. The Labute approximate surface area is 176 Å². The number of nitrogens with zero attached hydrogens (tertiary/aromatic N) is 3. The minimum atomic E-state index is -0.334. The first-order valence-electron chi connectivity index (χ1n) is 10.4. The number of rotatable bonds is 3. The molecule has 156 valence electrons. The topological polar surface area (TPSA) is 54.8 Å². The van der Waals surface area contributed by atoms with E-state index in [4.69, 9.17) is 4.74 Å². The summed E-state index contributed by atoms with van der Waals surface area (Å²) in [5.41, 5.74) is 3.44. The summed E-state index contributed by atoms with van der Waals surface area (Å²) >= 11 is 0. The van der Waals surface area contributed by atoms with E-state index in [0.717, 1.165) is 18.5 Å². The van der Waals surface area contributed by atoms with Crippen molar-refractivity contribution in [2.45, 2.75) is 19.9 Å². The number of hydrogen-bond acceptors (Lipinski definition) is 3. The molecule has 0 bridgehead atoms. The fraction of sp³-hybridized carbons (Fsp3) is 0.333. The van der Waals surface area contributed by atoms with E-state index in [0.29, 0.717) is 26.2 Å². The Balaban J connectivity index is 1.53. The van der Waals surface area contributed by atoms with Crippen molar-refractivity contribution in [3.05, 3.63) is 54.1 Å². The average molecular weight is 405 g/mol. The second-order valence-electron chi connectivity index (χ2n) is 7.51. The molecule has 30 heavy (non-hydrogen) atoms. The Morgan fingerprint density at radius 3 is 2.50 bits per heavy atom. The normalized spacial score (nSPS) is 15.1. The number of para-hydroxylation sites is 1. The number of hydrogen-bond donors (Lipinski definition) is 0. The lowest BCUT2D eigenvalue weighted by atomic mass is 10.1. The quantitative estimate of drug-likeness (QED) is 0.616. The van der Waals surface area contributed by atoms with E-state index in [1.165, 1.54) is 28.9 Å². The average Bonchev–Trinajstić information content (AvgIpc) is 2.91. The van der Waals surface area contributed by atoms with Gasteiger partial charge in [0.25, 0.3) is 0 Å². The number of fused-ring (bicyclic) bond motifs is 3. The van der Waals surface area contributed by atoms with Crippen LogP contribution < -0.4 is 0 Å². The minimum absolute atomic E-state index is 0.0298. The molecule has 2 aromatic carbocycles. The largest absolute Gasteiger partial charge is 0.453 e. The highest BCUT2D eigenvalue weighted by atomic mass is 16.5. The van der Waals surface area contributed by atoms with Crippen molar-refractivity contribution in [3.63, 3.8) is 0 Å². The molecule has 1 aliphatic rings. The number of ether oxygens (including phenoxy) is 1. The molecule has 1 aliphatic heterocycles. The monoisotopic (exact) mass is 405 g/mol. The fourth-order valence-corrected chi connectivity index (χ4v) is 4.24. The van der Waals surface area contributed by atoms with Crippen molar-refractivity contribution in [2.75, 3.05) is 33.3 Å². The van der Waals surface area contributed by atoms with E-state index in [1.807, 2.05) is 6.08 Å². The number of benzene rings is 2. The van der Waals surface area contributed by atoms with Gasteiger partial charge in [0.2, 0.25) is 5.91 Å². The van der Waals surface area contributed by atoms with Crippen molar-refractivity contribution in [1.29, 1.82) is 0 Å². The summed E-state index contributed by atoms with van der Waals surface area (Å²) in [5.74, 6) is -0.0298. The molecule has 2 heterocycles. The minimum Gasteiger partial charge on any atom is -0.453 e. The first-order valence-corrected chi connectivity index (χ1v) is 10.4. The molecule has 4 rings (SSSR count). The van der Waals surface area contributed by atoms with Gasteiger partial charge in [0.15, 0.2) is 0 Å². The molecule has 1 fully saturated rings. The van der Waals surface area contributed by atoms with Crippen LogP contribution in [0.2, 0.25) is 0 Å². The van der Waals surface area contributed by atoms with Crippen molar-refractivity contribution in [3.8, 4) is 0 Å². The van der Waals surface area contributed by atoms with E-state index in [-0.39, 0.29) is 12.0 Å². The predicted molar refractivity (Wildman–Crippen MR) is 119 cm³/mol. The van der Waals surface area contributed by atoms with Crippen LogP contribution in [0.15, 0.2) is 48.5 Å². The molecular formula is C24H27N3O3. The fourth-order valence-electron chi connectivity index (χ4n) is 4.24. The maximum Gasteiger partial charge on any atom is 0.409 e. The standard InChI is InChI=1S/C24H27N3O3/c1-3-27-21-8-5-4-7-19(21)20-17-18(9-11-22(20)27)10-12-23(28)25-13-6-14-26(16-15-25)24(29)30-2/h4-5,7-12,17H,3,6,13-16H2,1-2H3/b12-10+. The van der Waals surface area contributed by atoms with E-state index in [2.05, 4.69) is 54.0 Å². The molecule has 0 saturated carbocycles. The van der Waals surface area contributed by atoms with Gasteiger partial charge in [-0.1, -0.05) is 24.3 Å². The van der Waals surface area contributed by atoms with Crippen LogP contribution >= 0.6 is 0 Å². The highest BCUT2D eigenvalue weighted by Gasteiger charge is 2.21. The molecular weight excluding hydrogens is 378 g/mol. The van der Waals surface area contributed by atoms with Gasteiger partial charge in [-0.25, -0.2) is 4.79 Å². The summed E-state index contributed by atoms with van der Waals surface area (Å²) < 4.78 is 7.10. The Bertz CT molecular complexity index is 1120. The summed E-state index contributed by atoms with van der Waals surface area (Å²) in [6, 6.07) is 14.7. The first kappa shape index (κ1) is 20.0.